The summed E-state index contributed by atoms with van der Waals surface area (Å²) in [5.41, 5.74) is 3.64. The van der Waals surface area contributed by atoms with Crippen molar-refractivity contribution < 1.29 is 14.3 Å². The third-order valence-electron chi connectivity index (χ3n) is 3.63. The van der Waals surface area contributed by atoms with Crippen molar-refractivity contribution in [2.24, 2.45) is 0 Å². The molecule has 0 spiro atoms. The molecule has 0 aliphatic rings. The number of rotatable bonds is 6. The summed E-state index contributed by atoms with van der Waals surface area (Å²) in [6.45, 7) is 1.65. The van der Waals surface area contributed by atoms with Crippen molar-refractivity contribution in [3.05, 3.63) is 59.7 Å². The lowest BCUT2D eigenvalue weighted by Crippen LogP contribution is -2.21. The maximum absolute atomic E-state index is 11.9. The highest BCUT2D eigenvalue weighted by Gasteiger charge is 2.10. The van der Waals surface area contributed by atoms with Gasteiger partial charge in [0.1, 0.15) is 0 Å². The standard InChI is InChI=1S/C19H22N2O3/c1-14-6-4-5-7-15(14)12-19(23)24-13-18(22)20-16-8-10-17(11-9-16)21(2)3/h4-11H,12-13H2,1-3H3,(H,20,22). The Morgan fingerprint density at radius 2 is 1.71 bits per heavy atom. The summed E-state index contributed by atoms with van der Waals surface area (Å²) in [4.78, 5) is 25.7. The van der Waals surface area contributed by atoms with Crippen LogP contribution >= 0.6 is 0 Å². The Labute approximate surface area is 142 Å². The molecule has 0 aromatic heterocycles. The number of nitrogens with one attached hydrogen (secondary N) is 1. The Morgan fingerprint density at radius 1 is 1.04 bits per heavy atom. The predicted octanol–water partition coefficient (Wildman–Crippen LogP) is 2.79. The quantitative estimate of drug-likeness (QED) is 0.829. The molecule has 2 aromatic carbocycles. The average molecular weight is 326 g/mol. The first kappa shape index (κ1) is 17.5. The van der Waals surface area contributed by atoms with Gasteiger partial charge in [0.15, 0.2) is 6.61 Å². The van der Waals surface area contributed by atoms with E-state index in [1.807, 2.05) is 74.4 Å². The lowest BCUT2D eigenvalue weighted by Gasteiger charge is -2.13. The minimum atomic E-state index is -0.414. The van der Waals surface area contributed by atoms with Gasteiger partial charge in [-0.15, -0.1) is 0 Å². The normalized spacial score (nSPS) is 10.1. The Bertz CT molecular complexity index is 709. The zero-order valence-corrected chi connectivity index (χ0v) is 14.2. The largest absolute Gasteiger partial charge is 0.455 e. The molecule has 5 heteroatoms. The second-order valence-electron chi connectivity index (χ2n) is 5.75. The molecule has 0 saturated carbocycles. The smallest absolute Gasteiger partial charge is 0.310 e. The lowest BCUT2D eigenvalue weighted by molar-refractivity contribution is -0.146. The third kappa shape index (κ3) is 5.12. The van der Waals surface area contributed by atoms with E-state index < -0.39 is 5.97 Å². The first-order valence-electron chi connectivity index (χ1n) is 7.73. The SMILES string of the molecule is Cc1ccccc1CC(=O)OCC(=O)Nc1ccc(N(C)C)cc1. The molecule has 2 rings (SSSR count). The number of hydrogen-bond donors (Lipinski definition) is 1. The molecular formula is C19H22N2O3. The van der Waals surface area contributed by atoms with Crippen LogP contribution in [0.1, 0.15) is 11.1 Å². The van der Waals surface area contributed by atoms with E-state index in [9.17, 15) is 9.59 Å². The number of anilines is 2. The van der Waals surface area contributed by atoms with Gasteiger partial charge in [0.05, 0.1) is 6.42 Å². The number of ether oxygens (including phenoxy) is 1. The zero-order chi connectivity index (χ0) is 17.5. The fourth-order valence-corrected chi connectivity index (χ4v) is 2.20. The van der Waals surface area contributed by atoms with Crippen LogP contribution in [0.2, 0.25) is 0 Å². The Kier molecular flexibility index (Phi) is 5.95. The van der Waals surface area contributed by atoms with Crippen LogP contribution in [0.25, 0.3) is 0 Å². The van der Waals surface area contributed by atoms with Crippen LogP contribution in [-0.2, 0) is 20.7 Å². The maximum Gasteiger partial charge on any atom is 0.310 e. The number of hydrogen-bond acceptors (Lipinski definition) is 4. The van der Waals surface area contributed by atoms with Gasteiger partial charge in [-0.25, -0.2) is 0 Å². The molecule has 0 heterocycles. The third-order valence-corrected chi connectivity index (χ3v) is 3.63. The average Bonchev–Trinajstić information content (AvgIpc) is 2.55. The fraction of sp³-hybridized carbons (Fsp3) is 0.263. The van der Waals surface area contributed by atoms with Crippen molar-refractivity contribution >= 4 is 23.3 Å². The second-order valence-corrected chi connectivity index (χ2v) is 5.75. The fourth-order valence-electron chi connectivity index (χ4n) is 2.20. The molecular weight excluding hydrogens is 304 g/mol. The highest BCUT2D eigenvalue weighted by molar-refractivity contribution is 5.93. The summed E-state index contributed by atoms with van der Waals surface area (Å²) in [6.07, 6.45) is 0.164. The second kappa shape index (κ2) is 8.15. The number of carbonyl (C=O) groups is 2. The van der Waals surface area contributed by atoms with Gasteiger partial charge in [-0.3, -0.25) is 9.59 Å². The molecule has 126 valence electrons. The molecule has 5 nitrogen and oxygen atoms in total. The summed E-state index contributed by atoms with van der Waals surface area (Å²) in [7, 11) is 3.89. The Morgan fingerprint density at radius 3 is 2.33 bits per heavy atom. The van der Waals surface area contributed by atoms with E-state index in [4.69, 9.17) is 4.74 Å². The first-order valence-corrected chi connectivity index (χ1v) is 7.73. The number of benzene rings is 2. The van der Waals surface area contributed by atoms with Crippen molar-refractivity contribution in [3.8, 4) is 0 Å². The topological polar surface area (TPSA) is 58.6 Å². The number of carbonyl (C=O) groups excluding carboxylic acids is 2. The number of nitrogens with zero attached hydrogens (tertiary/aromatic N) is 1. The van der Waals surface area contributed by atoms with E-state index in [1.165, 1.54) is 0 Å². The van der Waals surface area contributed by atoms with Gasteiger partial charge in [0.25, 0.3) is 5.91 Å². The van der Waals surface area contributed by atoms with Crippen LogP contribution in [0.4, 0.5) is 11.4 Å². The highest BCUT2D eigenvalue weighted by Crippen LogP contribution is 2.15. The van der Waals surface area contributed by atoms with Gasteiger partial charge in [-0.1, -0.05) is 24.3 Å². The summed E-state index contributed by atoms with van der Waals surface area (Å²) in [6, 6.07) is 15.0. The van der Waals surface area contributed by atoms with E-state index in [-0.39, 0.29) is 18.9 Å². The van der Waals surface area contributed by atoms with Gasteiger partial charge in [-0.2, -0.15) is 0 Å². The molecule has 0 fully saturated rings. The summed E-state index contributed by atoms with van der Waals surface area (Å²) < 4.78 is 5.04. The minimum absolute atomic E-state index is 0.164. The van der Waals surface area contributed by atoms with Crippen molar-refractivity contribution in [1.29, 1.82) is 0 Å². The maximum atomic E-state index is 11.9. The lowest BCUT2D eigenvalue weighted by atomic mass is 10.1. The first-order chi connectivity index (χ1) is 11.5. The van der Waals surface area contributed by atoms with Gasteiger partial charge >= 0.3 is 5.97 Å². The number of aryl methyl sites for hydroxylation is 1. The molecule has 24 heavy (non-hydrogen) atoms. The highest BCUT2D eigenvalue weighted by atomic mass is 16.5. The number of amides is 1. The monoisotopic (exact) mass is 326 g/mol. The van der Waals surface area contributed by atoms with E-state index >= 15 is 0 Å². The van der Waals surface area contributed by atoms with Crippen molar-refractivity contribution in [1.82, 2.24) is 0 Å². The van der Waals surface area contributed by atoms with Crippen molar-refractivity contribution in [3.63, 3.8) is 0 Å². The van der Waals surface area contributed by atoms with Gasteiger partial charge < -0.3 is 15.0 Å². The van der Waals surface area contributed by atoms with Crippen molar-refractivity contribution in [2.45, 2.75) is 13.3 Å². The van der Waals surface area contributed by atoms with E-state index in [1.54, 1.807) is 0 Å². The van der Waals surface area contributed by atoms with E-state index in [0.717, 1.165) is 16.8 Å². The predicted molar refractivity (Wildman–Crippen MR) is 95.2 cm³/mol. The molecule has 1 amide bonds. The minimum Gasteiger partial charge on any atom is -0.455 e. The number of esters is 1. The molecule has 0 aliphatic heterocycles. The van der Waals surface area contributed by atoms with Crippen LogP contribution in [0.5, 0.6) is 0 Å². The molecule has 0 radical (unpaired) electrons. The Balaban J connectivity index is 1.80. The molecule has 0 bridgehead atoms. The van der Waals surface area contributed by atoms with Crippen LogP contribution < -0.4 is 10.2 Å². The molecule has 1 N–H and O–H groups in total. The van der Waals surface area contributed by atoms with Crippen LogP contribution in [0.15, 0.2) is 48.5 Å². The zero-order valence-electron chi connectivity index (χ0n) is 14.2. The summed E-state index contributed by atoms with van der Waals surface area (Å²) in [5, 5.41) is 2.70. The van der Waals surface area contributed by atoms with E-state index in [2.05, 4.69) is 5.32 Å². The molecule has 0 atom stereocenters. The van der Waals surface area contributed by atoms with Gasteiger partial charge in [0.2, 0.25) is 0 Å². The molecule has 0 saturated heterocycles. The molecule has 2 aromatic rings. The van der Waals surface area contributed by atoms with Gasteiger partial charge in [-0.05, 0) is 42.3 Å². The van der Waals surface area contributed by atoms with Gasteiger partial charge in [0, 0.05) is 25.5 Å². The van der Waals surface area contributed by atoms with Crippen LogP contribution in [-0.4, -0.2) is 32.6 Å². The summed E-state index contributed by atoms with van der Waals surface area (Å²) in [5.74, 6) is -0.770. The Hall–Kier alpha value is -2.82. The van der Waals surface area contributed by atoms with Crippen LogP contribution in [0.3, 0.4) is 0 Å². The van der Waals surface area contributed by atoms with Crippen LogP contribution in [0, 0.1) is 6.92 Å². The van der Waals surface area contributed by atoms with Crippen molar-refractivity contribution in [2.75, 3.05) is 30.9 Å². The molecule has 0 aliphatic carbocycles. The summed E-state index contributed by atoms with van der Waals surface area (Å²) >= 11 is 0. The van der Waals surface area contributed by atoms with E-state index in [0.29, 0.717) is 5.69 Å². The molecule has 0 unspecified atom stereocenters.